The first-order valence-corrected chi connectivity index (χ1v) is 9.00. The highest BCUT2D eigenvalue weighted by Gasteiger charge is 2.20. The van der Waals surface area contributed by atoms with Gasteiger partial charge >= 0.3 is 0 Å². The van der Waals surface area contributed by atoms with Crippen LogP contribution in [-0.4, -0.2) is 26.4 Å². The summed E-state index contributed by atoms with van der Waals surface area (Å²) >= 11 is 0. The molecule has 0 bridgehead atoms. The molecule has 0 saturated heterocycles. The van der Waals surface area contributed by atoms with Crippen LogP contribution in [0, 0.1) is 17.7 Å². The molecule has 1 aliphatic rings. The van der Waals surface area contributed by atoms with Crippen molar-refractivity contribution in [1.29, 1.82) is 0 Å². The number of hydrogen-bond donors (Lipinski definition) is 1. The molecule has 136 valence electrons. The molecule has 1 saturated carbocycles. The predicted octanol–water partition coefficient (Wildman–Crippen LogP) is 3.86. The number of rotatable bonds is 6. The van der Waals surface area contributed by atoms with Gasteiger partial charge in [0.1, 0.15) is 0 Å². The van der Waals surface area contributed by atoms with Crippen LogP contribution >= 0.6 is 0 Å². The zero-order valence-electron chi connectivity index (χ0n) is 15.1. The van der Waals surface area contributed by atoms with Crippen LogP contribution in [0.2, 0.25) is 0 Å². The zero-order valence-corrected chi connectivity index (χ0v) is 15.1. The van der Waals surface area contributed by atoms with Gasteiger partial charge in [0.25, 0.3) is 5.88 Å². The van der Waals surface area contributed by atoms with E-state index in [2.05, 4.69) is 27.3 Å². The van der Waals surface area contributed by atoms with Crippen LogP contribution in [0.1, 0.15) is 45.2 Å². The summed E-state index contributed by atoms with van der Waals surface area (Å²) in [6.45, 7) is 4.81. The molecule has 1 N–H and O–H groups in total. The normalized spacial score (nSPS) is 20.5. The van der Waals surface area contributed by atoms with Gasteiger partial charge in [0.15, 0.2) is 0 Å². The molecular weight excluding hydrogens is 321 g/mol. The van der Waals surface area contributed by atoms with E-state index in [9.17, 15) is 4.39 Å². The largest absolute Gasteiger partial charge is 0.475 e. The highest BCUT2D eigenvalue weighted by molar-refractivity contribution is 5.55. The van der Waals surface area contributed by atoms with E-state index in [0.717, 1.165) is 42.8 Å². The van der Waals surface area contributed by atoms with Crippen LogP contribution in [-0.2, 0) is 13.5 Å². The Balaban J connectivity index is 1.65. The van der Waals surface area contributed by atoms with E-state index in [1.54, 1.807) is 4.68 Å². The first-order chi connectivity index (χ1) is 12.0. The van der Waals surface area contributed by atoms with Crippen molar-refractivity contribution in [3.8, 4) is 5.88 Å². The maximum Gasteiger partial charge on any atom is 0.255 e. The lowest BCUT2D eigenvalue weighted by molar-refractivity contribution is 0.178. The highest BCUT2D eigenvalue weighted by atomic mass is 19.1. The second-order valence-electron chi connectivity index (χ2n) is 6.93. The summed E-state index contributed by atoms with van der Waals surface area (Å²) in [5.74, 6) is 1.06. The van der Waals surface area contributed by atoms with Gasteiger partial charge in [-0.3, -0.25) is 4.68 Å². The number of ether oxygens (including phenoxy) is 1. The van der Waals surface area contributed by atoms with E-state index >= 15 is 0 Å². The lowest BCUT2D eigenvalue weighted by atomic mass is 9.83. The van der Waals surface area contributed by atoms with Crippen molar-refractivity contribution < 1.29 is 9.13 Å². The fourth-order valence-electron chi connectivity index (χ4n) is 3.23. The lowest BCUT2D eigenvalue weighted by Crippen LogP contribution is -2.19. The minimum Gasteiger partial charge on any atom is -0.475 e. The van der Waals surface area contributed by atoms with Gasteiger partial charge in [-0.25, -0.2) is 4.98 Å². The van der Waals surface area contributed by atoms with Crippen LogP contribution in [0.15, 0.2) is 12.4 Å². The molecule has 0 atom stereocenters. The van der Waals surface area contributed by atoms with E-state index < -0.39 is 5.82 Å². The first-order valence-electron chi connectivity index (χ1n) is 9.00. The summed E-state index contributed by atoms with van der Waals surface area (Å²) in [5, 5.41) is 7.47. The average Bonchev–Trinajstić information content (AvgIpc) is 2.96. The Hall–Kier alpha value is -2.18. The Morgan fingerprint density at radius 2 is 2.08 bits per heavy atom. The third-order valence-electron chi connectivity index (χ3n) is 4.79. The number of nitrogens with one attached hydrogen (secondary N) is 1. The predicted molar refractivity (Wildman–Crippen MR) is 94.5 cm³/mol. The standard InChI is InChI=1S/C18H26FN5O/c1-4-15-16(10-24(3)23-15)21-18-20-9-14(19)17(22-18)25-11-13-7-5-12(2)6-8-13/h9-10,12-13H,4-8,11H2,1-3H3,(H,20,21,22)/t12-,13-. The Kier molecular flexibility index (Phi) is 5.50. The van der Waals surface area contributed by atoms with Crippen LogP contribution in [0.3, 0.4) is 0 Å². The number of aryl methyl sites for hydroxylation is 2. The summed E-state index contributed by atoms with van der Waals surface area (Å²) in [6.07, 6.45) is 8.49. The van der Waals surface area contributed by atoms with Gasteiger partial charge in [-0.1, -0.05) is 26.7 Å². The Morgan fingerprint density at radius 1 is 1.32 bits per heavy atom. The van der Waals surface area contributed by atoms with Crippen molar-refractivity contribution in [2.75, 3.05) is 11.9 Å². The number of halogens is 1. The summed E-state index contributed by atoms with van der Waals surface area (Å²) in [6, 6.07) is 0. The molecule has 0 radical (unpaired) electrons. The molecule has 6 nitrogen and oxygen atoms in total. The van der Waals surface area contributed by atoms with Crippen LogP contribution < -0.4 is 10.1 Å². The molecule has 1 fully saturated rings. The molecule has 2 aromatic heterocycles. The minimum atomic E-state index is -0.531. The summed E-state index contributed by atoms with van der Waals surface area (Å²) < 4.78 is 21.4. The second-order valence-corrected chi connectivity index (χ2v) is 6.93. The van der Waals surface area contributed by atoms with E-state index in [4.69, 9.17) is 4.74 Å². The first kappa shape index (κ1) is 17.6. The van der Waals surface area contributed by atoms with Crippen molar-refractivity contribution in [3.05, 3.63) is 23.9 Å². The minimum absolute atomic E-state index is 0.0121. The summed E-state index contributed by atoms with van der Waals surface area (Å²) in [7, 11) is 1.86. The molecule has 0 unspecified atom stereocenters. The van der Waals surface area contributed by atoms with Crippen molar-refractivity contribution in [2.45, 2.75) is 46.0 Å². The van der Waals surface area contributed by atoms with E-state index in [0.29, 0.717) is 18.5 Å². The molecule has 3 rings (SSSR count). The monoisotopic (exact) mass is 347 g/mol. The molecule has 25 heavy (non-hydrogen) atoms. The molecule has 0 spiro atoms. The van der Waals surface area contributed by atoms with E-state index in [-0.39, 0.29) is 5.88 Å². The van der Waals surface area contributed by atoms with Crippen molar-refractivity contribution >= 4 is 11.6 Å². The quantitative estimate of drug-likeness (QED) is 0.859. The molecule has 7 heteroatoms. The smallest absolute Gasteiger partial charge is 0.255 e. The maximum atomic E-state index is 14.0. The van der Waals surface area contributed by atoms with Gasteiger partial charge in [0.2, 0.25) is 11.8 Å². The lowest BCUT2D eigenvalue weighted by Gasteiger charge is -2.25. The van der Waals surface area contributed by atoms with E-state index in [1.807, 2.05) is 20.2 Å². The Labute approximate surface area is 147 Å². The van der Waals surface area contributed by atoms with Crippen LogP contribution in [0.4, 0.5) is 16.0 Å². The molecule has 0 aromatic carbocycles. The summed E-state index contributed by atoms with van der Waals surface area (Å²) in [5.41, 5.74) is 1.73. The molecule has 1 aliphatic carbocycles. The van der Waals surface area contributed by atoms with Gasteiger partial charge in [-0.15, -0.1) is 0 Å². The number of anilines is 2. The number of nitrogens with zero attached hydrogens (tertiary/aromatic N) is 4. The maximum absolute atomic E-state index is 14.0. The Bertz CT molecular complexity index is 709. The molecule has 2 heterocycles. The summed E-state index contributed by atoms with van der Waals surface area (Å²) in [4.78, 5) is 8.20. The van der Waals surface area contributed by atoms with Crippen LogP contribution in [0.5, 0.6) is 5.88 Å². The number of aromatic nitrogens is 4. The fourth-order valence-corrected chi connectivity index (χ4v) is 3.23. The van der Waals surface area contributed by atoms with Crippen molar-refractivity contribution in [2.24, 2.45) is 18.9 Å². The van der Waals surface area contributed by atoms with Crippen LogP contribution in [0.25, 0.3) is 0 Å². The third kappa shape index (κ3) is 4.46. The molecule has 0 aliphatic heterocycles. The molecule has 2 aromatic rings. The van der Waals surface area contributed by atoms with Gasteiger partial charge in [0, 0.05) is 13.2 Å². The van der Waals surface area contributed by atoms with Gasteiger partial charge in [0.05, 0.1) is 24.2 Å². The van der Waals surface area contributed by atoms with Crippen molar-refractivity contribution in [1.82, 2.24) is 19.7 Å². The van der Waals surface area contributed by atoms with Gasteiger partial charge in [-0.05, 0) is 31.1 Å². The second kappa shape index (κ2) is 7.80. The van der Waals surface area contributed by atoms with Gasteiger partial charge in [-0.2, -0.15) is 14.5 Å². The van der Waals surface area contributed by atoms with Crippen molar-refractivity contribution in [3.63, 3.8) is 0 Å². The SMILES string of the molecule is CCc1nn(C)cc1Nc1ncc(F)c(OC[C@H]2CC[C@H](C)CC2)n1. The topological polar surface area (TPSA) is 64.9 Å². The Morgan fingerprint density at radius 3 is 2.80 bits per heavy atom. The van der Waals surface area contributed by atoms with E-state index in [1.165, 1.54) is 12.8 Å². The fraction of sp³-hybridized carbons (Fsp3) is 0.611. The highest BCUT2D eigenvalue weighted by Crippen LogP contribution is 2.29. The number of hydrogen-bond acceptors (Lipinski definition) is 5. The average molecular weight is 347 g/mol. The van der Waals surface area contributed by atoms with Gasteiger partial charge < -0.3 is 10.1 Å². The third-order valence-corrected chi connectivity index (χ3v) is 4.79. The molecule has 0 amide bonds. The zero-order chi connectivity index (χ0) is 17.8. The molecular formula is C18H26FN5O.